The minimum Gasteiger partial charge on any atom is -0.451 e. The van der Waals surface area contributed by atoms with Crippen molar-refractivity contribution in [1.82, 2.24) is 0 Å². The summed E-state index contributed by atoms with van der Waals surface area (Å²) in [5.41, 5.74) is 0.447. The van der Waals surface area contributed by atoms with E-state index in [9.17, 15) is 9.59 Å². The lowest BCUT2D eigenvalue weighted by Gasteiger charge is -2.30. The summed E-state index contributed by atoms with van der Waals surface area (Å²) >= 11 is 0. The maximum absolute atomic E-state index is 11.5. The van der Waals surface area contributed by atoms with Crippen LogP contribution in [0.25, 0.3) is 0 Å². The van der Waals surface area contributed by atoms with Crippen molar-refractivity contribution in [3.8, 4) is 0 Å². The van der Waals surface area contributed by atoms with Gasteiger partial charge in [0.15, 0.2) is 5.78 Å². The average molecular weight is 192 g/mol. The van der Waals surface area contributed by atoms with E-state index in [-0.39, 0.29) is 17.7 Å². The summed E-state index contributed by atoms with van der Waals surface area (Å²) in [5.74, 6) is -0.477. The van der Waals surface area contributed by atoms with E-state index in [0.29, 0.717) is 17.6 Å². The minimum atomic E-state index is -0.647. The van der Waals surface area contributed by atoms with Gasteiger partial charge in [-0.2, -0.15) is 0 Å². The van der Waals surface area contributed by atoms with E-state index in [1.165, 1.54) is 0 Å². The maximum atomic E-state index is 11.5. The Kier molecular flexibility index (Phi) is 1.68. The molecule has 0 N–H and O–H groups in total. The number of rotatable bonds is 0. The van der Waals surface area contributed by atoms with Gasteiger partial charge < -0.3 is 4.74 Å². The zero-order valence-electron chi connectivity index (χ0n) is 8.29. The van der Waals surface area contributed by atoms with E-state index in [0.717, 1.165) is 0 Å². The number of ketones is 1. The molecule has 1 unspecified atom stereocenters. The zero-order valence-corrected chi connectivity index (χ0v) is 8.29. The molecule has 0 bridgehead atoms. The number of esters is 1. The van der Waals surface area contributed by atoms with Crippen LogP contribution in [0.2, 0.25) is 0 Å². The summed E-state index contributed by atoms with van der Waals surface area (Å²) in [6.45, 7) is 7.24. The molecule has 0 amide bonds. The van der Waals surface area contributed by atoms with Crippen LogP contribution in [0.3, 0.4) is 0 Å². The third kappa shape index (κ3) is 1.05. The predicted octanol–water partition coefficient (Wildman–Crippen LogP) is 1.39. The monoisotopic (exact) mass is 192 g/mol. The summed E-state index contributed by atoms with van der Waals surface area (Å²) in [6.07, 6.45) is 2.07. The van der Waals surface area contributed by atoms with Crippen LogP contribution in [-0.4, -0.2) is 17.4 Å². The van der Waals surface area contributed by atoms with Gasteiger partial charge in [0.1, 0.15) is 5.60 Å². The molecule has 1 aliphatic carbocycles. The van der Waals surface area contributed by atoms with Crippen LogP contribution in [0.4, 0.5) is 0 Å². The highest BCUT2D eigenvalue weighted by Crippen LogP contribution is 2.43. The summed E-state index contributed by atoms with van der Waals surface area (Å²) in [4.78, 5) is 22.8. The topological polar surface area (TPSA) is 43.4 Å². The molecule has 2 aliphatic rings. The van der Waals surface area contributed by atoms with Crippen LogP contribution in [0.1, 0.15) is 20.3 Å². The van der Waals surface area contributed by atoms with Crippen molar-refractivity contribution in [2.75, 3.05) is 0 Å². The molecule has 0 aromatic carbocycles. The third-order valence-corrected chi connectivity index (χ3v) is 3.02. The van der Waals surface area contributed by atoms with E-state index in [4.69, 9.17) is 4.74 Å². The fourth-order valence-electron chi connectivity index (χ4n) is 2.14. The van der Waals surface area contributed by atoms with E-state index in [2.05, 4.69) is 6.58 Å². The number of allylic oxidation sites excluding steroid dienone is 1. The number of hydrogen-bond donors (Lipinski definition) is 0. The van der Waals surface area contributed by atoms with Crippen molar-refractivity contribution in [1.29, 1.82) is 0 Å². The van der Waals surface area contributed by atoms with Crippen molar-refractivity contribution < 1.29 is 14.3 Å². The van der Waals surface area contributed by atoms with Crippen molar-refractivity contribution in [3.05, 3.63) is 23.8 Å². The molecule has 2 atom stereocenters. The summed E-state index contributed by atoms with van der Waals surface area (Å²) in [5, 5.41) is 0. The number of fused-ring (bicyclic) bond motifs is 1. The summed E-state index contributed by atoms with van der Waals surface area (Å²) in [7, 11) is 0. The van der Waals surface area contributed by atoms with E-state index in [1.807, 2.05) is 6.92 Å². The van der Waals surface area contributed by atoms with E-state index >= 15 is 0 Å². The molecule has 1 aliphatic heterocycles. The van der Waals surface area contributed by atoms with Gasteiger partial charge in [-0.15, -0.1) is 0 Å². The van der Waals surface area contributed by atoms with Gasteiger partial charge in [-0.05, 0) is 25.5 Å². The predicted molar refractivity (Wildman–Crippen MR) is 50.5 cm³/mol. The standard InChI is InChI=1S/C11H12O3/c1-6-5-11(3)8(4-9(6)12)7(2)10(13)14-11/h5,8H,2,4H2,1,3H3/t8-,11?/m0/s1. The van der Waals surface area contributed by atoms with Crippen LogP contribution in [0.5, 0.6) is 0 Å². The smallest absolute Gasteiger partial charge is 0.334 e. The Morgan fingerprint density at radius 3 is 2.86 bits per heavy atom. The Morgan fingerprint density at radius 1 is 1.57 bits per heavy atom. The molecule has 0 spiro atoms. The highest BCUT2D eigenvalue weighted by atomic mass is 16.6. The Balaban J connectivity index is 2.48. The Morgan fingerprint density at radius 2 is 2.21 bits per heavy atom. The first-order valence-corrected chi connectivity index (χ1v) is 4.59. The Labute approximate surface area is 82.4 Å². The maximum Gasteiger partial charge on any atom is 0.334 e. The van der Waals surface area contributed by atoms with Gasteiger partial charge in [0.05, 0.1) is 0 Å². The molecule has 1 saturated heterocycles. The lowest BCUT2D eigenvalue weighted by atomic mass is 9.76. The number of carbonyl (C=O) groups is 2. The molecule has 3 nitrogen and oxygen atoms in total. The van der Waals surface area contributed by atoms with Gasteiger partial charge >= 0.3 is 5.97 Å². The van der Waals surface area contributed by atoms with Gasteiger partial charge in [-0.3, -0.25) is 4.79 Å². The SMILES string of the molecule is C=C1C(=O)OC2(C)C=C(C)C(=O)C[C@@H]12. The number of hydrogen-bond acceptors (Lipinski definition) is 3. The van der Waals surface area contributed by atoms with Gasteiger partial charge in [0, 0.05) is 17.9 Å². The normalized spacial score (nSPS) is 36.6. The van der Waals surface area contributed by atoms with Crippen LogP contribution in [0.15, 0.2) is 23.8 Å². The Hall–Kier alpha value is -1.38. The molecule has 0 aromatic heterocycles. The molecule has 14 heavy (non-hydrogen) atoms. The lowest BCUT2D eigenvalue weighted by molar-refractivity contribution is -0.143. The molecule has 0 saturated carbocycles. The number of carbonyl (C=O) groups excluding carboxylic acids is 2. The quantitative estimate of drug-likeness (QED) is 0.430. The second kappa shape index (κ2) is 2.56. The molecule has 1 heterocycles. The van der Waals surface area contributed by atoms with Crippen molar-refractivity contribution in [2.45, 2.75) is 25.9 Å². The molecular formula is C11H12O3. The first-order chi connectivity index (χ1) is 6.44. The average Bonchev–Trinajstić information content (AvgIpc) is 2.28. The van der Waals surface area contributed by atoms with Gasteiger partial charge in [-0.1, -0.05) is 6.58 Å². The van der Waals surface area contributed by atoms with Crippen molar-refractivity contribution in [3.63, 3.8) is 0 Å². The third-order valence-electron chi connectivity index (χ3n) is 3.02. The number of Topliss-reactive ketones (excluding diaryl/α,β-unsaturated/α-hetero) is 1. The Bertz CT molecular complexity index is 378. The molecule has 2 rings (SSSR count). The molecule has 1 fully saturated rings. The van der Waals surface area contributed by atoms with Crippen LogP contribution in [0, 0.1) is 5.92 Å². The van der Waals surface area contributed by atoms with Crippen LogP contribution < -0.4 is 0 Å². The van der Waals surface area contributed by atoms with Gasteiger partial charge in [-0.25, -0.2) is 4.79 Å². The van der Waals surface area contributed by atoms with Crippen molar-refractivity contribution in [2.24, 2.45) is 5.92 Å². The molecule has 3 heteroatoms. The lowest BCUT2D eigenvalue weighted by Crippen LogP contribution is -2.35. The molecular weight excluding hydrogens is 180 g/mol. The molecule has 0 aromatic rings. The number of ether oxygens (including phenoxy) is 1. The summed E-state index contributed by atoms with van der Waals surface area (Å²) in [6, 6.07) is 0. The minimum absolute atomic E-state index is 0.0759. The zero-order chi connectivity index (χ0) is 10.5. The van der Waals surface area contributed by atoms with Crippen molar-refractivity contribution >= 4 is 11.8 Å². The van der Waals surface area contributed by atoms with E-state index in [1.54, 1.807) is 13.0 Å². The first-order valence-electron chi connectivity index (χ1n) is 4.59. The largest absolute Gasteiger partial charge is 0.451 e. The second-order valence-corrected chi connectivity index (χ2v) is 4.11. The summed E-state index contributed by atoms with van der Waals surface area (Å²) < 4.78 is 5.22. The van der Waals surface area contributed by atoms with E-state index < -0.39 is 5.60 Å². The second-order valence-electron chi connectivity index (χ2n) is 4.11. The highest BCUT2D eigenvalue weighted by molar-refractivity contribution is 6.00. The van der Waals surface area contributed by atoms with Crippen LogP contribution in [-0.2, 0) is 14.3 Å². The fourth-order valence-corrected chi connectivity index (χ4v) is 2.14. The van der Waals surface area contributed by atoms with Crippen LogP contribution >= 0.6 is 0 Å². The fraction of sp³-hybridized carbons (Fsp3) is 0.455. The van der Waals surface area contributed by atoms with Gasteiger partial charge in [0.25, 0.3) is 0 Å². The van der Waals surface area contributed by atoms with Gasteiger partial charge in [0.2, 0.25) is 0 Å². The first kappa shape index (κ1) is 9.19. The molecule has 0 radical (unpaired) electrons. The molecule has 74 valence electrons. The highest BCUT2D eigenvalue weighted by Gasteiger charge is 2.50.